The van der Waals surface area contributed by atoms with E-state index >= 15 is 0 Å². The molecule has 1 aliphatic rings. The highest BCUT2D eigenvalue weighted by molar-refractivity contribution is 5.92. The third kappa shape index (κ3) is 4.34. The van der Waals surface area contributed by atoms with Crippen molar-refractivity contribution in [2.45, 2.75) is 25.4 Å². The molecule has 1 aliphatic carbocycles. The maximum absolute atomic E-state index is 13.0. The quantitative estimate of drug-likeness (QED) is 0.629. The Balaban J connectivity index is 1.52. The van der Waals surface area contributed by atoms with Crippen LogP contribution in [0, 0.1) is 0 Å². The minimum absolute atomic E-state index is 0.135. The van der Waals surface area contributed by atoms with Gasteiger partial charge in [-0.15, -0.1) is 0 Å². The maximum Gasteiger partial charge on any atom is 0.322 e. The fraction of sp³-hybridized carbons (Fsp3) is 0.273. The first-order chi connectivity index (χ1) is 14.2. The molecular weight excluding hydrogens is 368 g/mol. The lowest BCUT2D eigenvalue weighted by molar-refractivity contribution is 0.206. The molecule has 7 nitrogen and oxygen atoms in total. The first-order valence-electron chi connectivity index (χ1n) is 9.55. The SMILES string of the molecule is COc1cccc(CN(C(=O)Nc2ccc(-c3cn[nH]c3)cc2OC)C2CC2)c1. The molecule has 4 rings (SSSR count). The molecular formula is C22H24N4O3. The summed E-state index contributed by atoms with van der Waals surface area (Å²) in [6, 6.07) is 13.6. The Morgan fingerprint density at radius 1 is 1.17 bits per heavy atom. The molecule has 0 atom stereocenters. The molecule has 2 aromatic carbocycles. The highest BCUT2D eigenvalue weighted by Crippen LogP contribution is 2.33. The van der Waals surface area contributed by atoms with E-state index in [1.54, 1.807) is 20.4 Å². The number of nitrogens with one attached hydrogen (secondary N) is 2. The summed E-state index contributed by atoms with van der Waals surface area (Å²) in [7, 11) is 3.24. The summed E-state index contributed by atoms with van der Waals surface area (Å²) in [5, 5.41) is 9.79. The highest BCUT2D eigenvalue weighted by atomic mass is 16.5. The molecule has 0 aliphatic heterocycles. The number of rotatable bonds is 7. The van der Waals surface area contributed by atoms with Crippen LogP contribution < -0.4 is 14.8 Å². The van der Waals surface area contributed by atoms with Crippen LogP contribution in [0.1, 0.15) is 18.4 Å². The van der Waals surface area contributed by atoms with E-state index in [1.807, 2.05) is 53.6 Å². The lowest BCUT2D eigenvalue weighted by Gasteiger charge is -2.24. The minimum atomic E-state index is -0.135. The van der Waals surface area contributed by atoms with Gasteiger partial charge in [0.15, 0.2) is 0 Å². The molecule has 1 heterocycles. The third-order valence-corrected chi connectivity index (χ3v) is 5.01. The molecule has 1 saturated carbocycles. The molecule has 0 bridgehead atoms. The van der Waals surface area contributed by atoms with Gasteiger partial charge in [0, 0.05) is 24.3 Å². The van der Waals surface area contributed by atoms with Gasteiger partial charge in [-0.1, -0.05) is 18.2 Å². The number of methoxy groups -OCH3 is 2. The van der Waals surface area contributed by atoms with Gasteiger partial charge in [-0.2, -0.15) is 5.10 Å². The number of amides is 2. The summed E-state index contributed by atoms with van der Waals surface area (Å²) >= 11 is 0. The number of hydrogen-bond acceptors (Lipinski definition) is 4. The standard InChI is InChI=1S/C22H24N4O3/c1-28-19-5-3-4-15(10-19)14-26(18-7-8-18)22(27)25-20-9-6-16(11-21(20)29-2)17-12-23-24-13-17/h3-6,9-13,18H,7-8,14H2,1-2H3,(H,23,24)(H,25,27). The van der Waals surface area contributed by atoms with Crippen molar-refractivity contribution in [3.8, 4) is 22.6 Å². The van der Waals surface area contributed by atoms with E-state index in [9.17, 15) is 4.79 Å². The van der Waals surface area contributed by atoms with E-state index < -0.39 is 0 Å². The van der Waals surface area contributed by atoms with Gasteiger partial charge < -0.3 is 19.7 Å². The van der Waals surface area contributed by atoms with E-state index in [4.69, 9.17) is 9.47 Å². The van der Waals surface area contributed by atoms with E-state index in [1.165, 1.54) is 0 Å². The van der Waals surface area contributed by atoms with Gasteiger partial charge in [-0.3, -0.25) is 5.10 Å². The summed E-state index contributed by atoms with van der Waals surface area (Å²) in [5.41, 5.74) is 3.59. The zero-order chi connectivity index (χ0) is 20.2. The molecule has 0 spiro atoms. The fourth-order valence-electron chi connectivity index (χ4n) is 3.29. The van der Waals surface area contributed by atoms with Crippen LogP contribution >= 0.6 is 0 Å². The van der Waals surface area contributed by atoms with Crippen LogP contribution in [0.2, 0.25) is 0 Å². The summed E-state index contributed by atoms with van der Waals surface area (Å²) in [6.07, 6.45) is 5.61. The van der Waals surface area contributed by atoms with Crippen molar-refractivity contribution in [2.75, 3.05) is 19.5 Å². The van der Waals surface area contributed by atoms with Crippen molar-refractivity contribution >= 4 is 11.7 Å². The second kappa shape index (κ2) is 8.26. The van der Waals surface area contributed by atoms with E-state index in [0.29, 0.717) is 18.0 Å². The van der Waals surface area contributed by atoms with Crippen molar-refractivity contribution in [1.82, 2.24) is 15.1 Å². The fourth-order valence-corrected chi connectivity index (χ4v) is 3.29. The molecule has 0 saturated heterocycles. The molecule has 7 heteroatoms. The van der Waals surface area contributed by atoms with Crippen molar-refractivity contribution in [3.63, 3.8) is 0 Å². The first kappa shape index (κ1) is 18.9. The van der Waals surface area contributed by atoms with Crippen LogP contribution in [0.25, 0.3) is 11.1 Å². The largest absolute Gasteiger partial charge is 0.497 e. The zero-order valence-electron chi connectivity index (χ0n) is 16.5. The zero-order valence-corrected chi connectivity index (χ0v) is 16.5. The second-order valence-electron chi connectivity index (χ2n) is 7.04. The summed E-state index contributed by atoms with van der Waals surface area (Å²) < 4.78 is 10.8. The van der Waals surface area contributed by atoms with Gasteiger partial charge in [0.1, 0.15) is 11.5 Å². The monoisotopic (exact) mass is 392 g/mol. The van der Waals surface area contributed by atoms with Gasteiger partial charge >= 0.3 is 6.03 Å². The lowest BCUT2D eigenvalue weighted by atomic mass is 10.1. The van der Waals surface area contributed by atoms with Crippen molar-refractivity contribution < 1.29 is 14.3 Å². The lowest BCUT2D eigenvalue weighted by Crippen LogP contribution is -2.36. The Labute approximate surface area is 169 Å². The van der Waals surface area contributed by atoms with Gasteiger partial charge in [0.25, 0.3) is 0 Å². The molecule has 29 heavy (non-hydrogen) atoms. The molecule has 1 aromatic heterocycles. The molecule has 0 unspecified atom stereocenters. The second-order valence-corrected chi connectivity index (χ2v) is 7.04. The number of benzene rings is 2. The molecule has 150 valence electrons. The van der Waals surface area contributed by atoms with Gasteiger partial charge in [-0.25, -0.2) is 4.79 Å². The number of urea groups is 1. The number of hydrogen-bond donors (Lipinski definition) is 2. The van der Waals surface area contributed by atoms with E-state index in [2.05, 4.69) is 15.5 Å². The Hall–Kier alpha value is -3.48. The van der Waals surface area contributed by atoms with Gasteiger partial charge in [-0.05, 0) is 48.2 Å². The number of aromatic amines is 1. The van der Waals surface area contributed by atoms with E-state index in [-0.39, 0.29) is 12.1 Å². The number of nitrogens with zero attached hydrogens (tertiary/aromatic N) is 2. The van der Waals surface area contributed by atoms with Crippen molar-refractivity contribution in [3.05, 3.63) is 60.4 Å². The van der Waals surface area contributed by atoms with Crippen LogP contribution in [-0.2, 0) is 6.54 Å². The normalized spacial score (nSPS) is 13.0. The predicted molar refractivity (Wildman–Crippen MR) is 111 cm³/mol. The summed E-state index contributed by atoms with van der Waals surface area (Å²) in [6.45, 7) is 0.531. The Morgan fingerprint density at radius 2 is 2.03 bits per heavy atom. The number of carbonyl (C=O) groups excluding carboxylic acids is 1. The maximum atomic E-state index is 13.0. The van der Waals surface area contributed by atoms with Crippen molar-refractivity contribution in [2.24, 2.45) is 0 Å². The highest BCUT2D eigenvalue weighted by Gasteiger charge is 2.33. The molecule has 2 amide bonds. The number of carbonyl (C=O) groups is 1. The van der Waals surface area contributed by atoms with Crippen molar-refractivity contribution in [1.29, 1.82) is 0 Å². The topological polar surface area (TPSA) is 79.5 Å². The smallest absolute Gasteiger partial charge is 0.322 e. The van der Waals surface area contributed by atoms with Crippen LogP contribution in [0.4, 0.5) is 10.5 Å². The van der Waals surface area contributed by atoms with Crippen LogP contribution in [-0.4, -0.2) is 41.4 Å². The third-order valence-electron chi connectivity index (χ3n) is 5.01. The average molecular weight is 392 g/mol. The van der Waals surface area contributed by atoms with Crippen LogP contribution in [0.15, 0.2) is 54.9 Å². The minimum Gasteiger partial charge on any atom is -0.497 e. The number of ether oxygens (including phenoxy) is 2. The Kier molecular flexibility index (Phi) is 5.37. The number of anilines is 1. The van der Waals surface area contributed by atoms with Crippen LogP contribution in [0.5, 0.6) is 11.5 Å². The average Bonchev–Trinajstić information content (AvgIpc) is 3.45. The summed E-state index contributed by atoms with van der Waals surface area (Å²) in [4.78, 5) is 14.9. The Bertz CT molecular complexity index is 983. The molecule has 3 aromatic rings. The van der Waals surface area contributed by atoms with Crippen LogP contribution in [0.3, 0.4) is 0 Å². The molecule has 0 radical (unpaired) electrons. The molecule has 2 N–H and O–H groups in total. The van der Waals surface area contributed by atoms with Gasteiger partial charge in [0.2, 0.25) is 0 Å². The first-order valence-corrected chi connectivity index (χ1v) is 9.55. The summed E-state index contributed by atoms with van der Waals surface area (Å²) in [5.74, 6) is 1.39. The number of aromatic nitrogens is 2. The predicted octanol–water partition coefficient (Wildman–Crippen LogP) is 4.29. The van der Waals surface area contributed by atoms with Gasteiger partial charge in [0.05, 0.1) is 26.1 Å². The number of H-pyrrole nitrogens is 1. The Morgan fingerprint density at radius 3 is 2.72 bits per heavy atom. The molecule has 1 fully saturated rings. The van der Waals surface area contributed by atoms with E-state index in [0.717, 1.165) is 35.3 Å².